The summed E-state index contributed by atoms with van der Waals surface area (Å²) in [5, 5.41) is 9.90. The third-order valence-corrected chi connectivity index (χ3v) is 2.79. The van der Waals surface area contributed by atoms with Crippen LogP contribution in [0.15, 0.2) is 48.5 Å². The van der Waals surface area contributed by atoms with Crippen LogP contribution in [0, 0.1) is 6.92 Å². The van der Waals surface area contributed by atoms with Crippen molar-refractivity contribution in [3.63, 3.8) is 0 Å². The van der Waals surface area contributed by atoms with Crippen LogP contribution in [0.3, 0.4) is 0 Å². The molecule has 0 heterocycles. The number of aromatic hydroxyl groups is 1. The van der Waals surface area contributed by atoms with Crippen molar-refractivity contribution in [3.8, 4) is 5.75 Å². The quantitative estimate of drug-likeness (QED) is 0.558. The highest BCUT2D eigenvalue weighted by molar-refractivity contribution is 5.42. The van der Waals surface area contributed by atoms with Gasteiger partial charge in [0.15, 0.2) is 0 Å². The van der Waals surface area contributed by atoms with Crippen molar-refractivity contribution >= 4 is 0 Å². The van der Waals surface area contributed by atoms with E-state index in [1.165, 1.54) is 0 Å². The summed E-state index contributed by atoms with van der Waals surface area (Å²) in [6, 6.07) is 15.1. The van der Waals surface area contributed by atoms with Gasteiger partial charge in [-0.15, -0.1) is 0 Å². The van der Waals surface area contributed by atoms with Gasteiger partial charge in [0.05, 0.1) is 6.04 Å². The molecular weight excluding hydrogens is 212 g/mol. The molecule has 0 spiro atoms. The van der Waals surface area contributed by atoms with Crippen molar-refractivity contribution in [2.75, 3.05) is 0 Å². The number of phenolic OH excluding ortho intramolecular Hbond substituents is 1. The smallest absolute Gasteiger partial charge is 0.120 e. The lowest BCUT2D eigenvalue weighted by Gasteiger charge is -2.18. The Kier molecular flexibility index (Phi) is 3.42. The SMILES string of the molecule is Cc1ccc(O)c([C@H](NN)c2ccccc2)c1. The first-order valence-corrected chi connectivity index (χ1v) is 5.53. The molecule has 0 saturated heterocycles. The number of benzene rings is 2. The Balaban J connectivity index is 2.46. The van der Waals surface area contributed by atoms with Gasteiger partial charge in [0.25, 0.3) is 0 Å². The molecule has 4 N–H and O–H groups in total. The lowest BCUT2D eigenvalue weighted by atomic mass is 9.97. The normalized spacial score (nSPS) is 12.4. The van der Waals surface area contributed by atoms with Gasteiger partial charge in [0.2, 0.25) is 0 Å². The van der Waals surface area contributed by atoms with Crippen molar-refractivity contribution in [1.29, 1.82) is 0 Å². The first-order valence-electron chi connectivity index (χ1n) is 5.53. The van der Waals surface area contributed by atoms with Crippen molar-refractivity contribution in [2.45, 2.75) is 13.0 Å². The zero-order valence-corrected chi connectivity index (χ0v) is 9.72. The molecule has 0 aliphatic rings. The summed E-state index contributed by atoms with van der Waals surface area (Å²) in [6.45, 7) is 1.99. The zero-order chi connectivity index (χ0) is 12.3. The van der Waals surface area contributed by atoms with Gasteiger partial charge >= 0.3 is 0 Å². The predicted molar refractivity (Wildman–Crippen MR) is 68.5 cm³/mol. The van der Waals surface area contributed by atoms with Crippen LogP contribution in [-0.2, 0) is 0 Å². The molecule has 0 saturated carbocycles. The summed E-state index contributed by atoms with van der Waals surface area (Å²) < 4.78 is 0. The van der Waals surface area contributed by atoms with Crippen molar-refractivity contribution in [1.82, 2.24) is 5.43 Å². The van der Waals surface area contributed by atoms with Gasteiger partial charge in [-0.3, -0.25) is 5.84 Å². The second kappa shape index (κ2) is 4.99. The first kappa shape index (κ1) is 11.6. The lowest BCUT2D eigenvalue weighted by molar-refractivity contribution is 0.458. The second-order valence-electron chi connectivity index (χ2n) is 4.07. The van der Waals surface area contributed by atoms with E-state index in [0.29, 0.717) is 0 Å². The fourth-order valence-corrected chi connectivity index (χ4v) is 1.92. The van der Waals surface area contributed by atoms with E-state index >= 15 is 0 Å². The Morgan fingerprint density at radius 2 is 1.82 bits per heavy atom. The molecule has 88 valence electrons. The van der Waals surface area contributed by atoms with Crippen LogP contribution < -0.4 is 11.3 Å². The molecule has 0 aliphatic carbocycles. The number of rotatable bonds is 3. The highest BCUT2D eigenvalue weighted by Gasteiger charge is 2.15. The third kappa shape index (κ3) is 2.46. The van der Waals surface area contributed by atoms with Gasteiger partial charge in [-0.25, -0.2) is 5.43 Å². The summed E-state index contributed by atoms with van der Waals surface area (Å²) >= 11 is 0. The maximum absolute atomic E-state index is 9.90. The molecule has 3 nitrogen and oxygen atoms in total. The molecule has 2 aromatic rings. The summed E-state index contributed by atoms with van der Waals surface area (Å²) in [5.41, 5.74) is 5.65. The van der Waals surface area contributed by atoms with Crippen LogP contribution in [0.5, 0.6) is 5.75 Å². The van der Waals surface area contributed by atoms with Gasteiger partial charge < -0.3 is 5.11 Å². The second-order valence-corrected chi connectivity index (χ2v) is 4.07. The fraction of sp³-hybridized carbons (Fsp3) is 0.143. The molecular formula is C14H16N2O. The van der Waals surface area contributed by atoms with Crippen LogP contribution in [0.1, 0.15) is 22.7 Å². The fourth-order valence-electron chi connectivity index (χ4n) is 1.92. The third-order valence-electron chi connectivity index (χ3n) is 2.79. The van der Waals surface area contributed by atoms with Crippen LogP contribution in [0.4, 0.5) is 0 Å². The first-order chi connectivity index (χ1) is 8.22. The molecule has 17 heavy (non-hydrogen) atoms. The van der Waals surface area contributed by atoms with Crippen LogP contribution in [0.2, 0.25) is 0 Å². The molecule has 1 atom stereocenters. The van der Waals surface area contributed by atoms with E-state index in [2.05, 4.69) is 5.43 Å². The minimum atomic E-state index is -0.198. The highest BCUT2D eigenvalue weighted by atomic mass is 16.3. The lowest BCUT2D eigenvalue weighted by Crippen LogP contribution is -2.28. The number of hydrazine groups is 1. The Hall–Kier alpha value is -1.84. The average molecular weight is 228 g/mol. The van der Waals surface area contributed by atoms with E-state index in [0.717, 1.165) is 16.7 Å². The van der Waals surface area contributed by atoms with E-state index in [1.54, 1.807) is 6.07 Å². The number of hydrogen-bond acceptors (Lipinski definition) is 3. The van der Waals surface area contributed by atoms with Gasteiger partial charge in [-0.1, -0.05) is 48.0 Å². The molecule has 3 heteroatoms. The number of hydrogen-bond donors (Lipinski definition) is 3. The van der Waals surface area contributed by atoms with Gasteiger partial charge in [-0.05, 0) is 18.6 Å². The van der Waals surface area contributed by atoms with E-state index < -0.39 is 0 Å². The minimum absolute atomic E-state index is 0.198. The number of phenols is 1. The van der Waals surface area contributed by atoms with E-state index in [-0.39, 0.29) is 11.8 Å². The highest BCUT2D eigenvalue weighted by Crippen LogP contribution is 2.29. The van der Waals surface area contributed by atoms with Crippen molar-refractivity contribution in [2.24, 2.45) is 5.84 Å². The number of aryl methyl sites for hydroxylation is 1. The van der Waals surface area contributed by atoms with Gasteiger partial charge in [-0.2, -0.15) is 0 Å². The topological polar surface area (TPSA) is 58.3 Å². The Bertz CT molecular complexity index is 497. The van der Waals surface area contributed by atoms with Crippen LogP contribution >= 0.6 is 0 Å². The van der Waals surface area contributed by atoms with Crippen LogP contribution in [0.25, 0.3) is 0 Å². The maximum Gasteiger partial charge on any atom is 0.120 e. The maximum atomic E-state index is 9.90. The summed E-state index contributed by atoms with van der Waals surface area (Å²) in [6.07, 6.45) is 0. The predicted octanol–water partition coefficient (Wildman–Crippen LogP) is 2.25. The molecule has 2 rings (SSSR count). The standard InChI is InChI=1S/C14H16N2O/c1-10-7-8-13(17)12(9-10)14(16-15)11-5-3-2-4-6-11/h2-9,14,16-17H,15H2,1H3/t14-/m1/s1. The van der Waals surface area contributed by atoms with E-state index in [1.807, 2.05) is 49.4 Å². The Labute approximate surface area is 101 Å². The molecule has 0 aromatic heterocycles. The summed E-state index contributed by atoms with van der Waals surface area (Å²) in [5.74, 6) is 5.85. The monoisotopic (exact) mass is 228 g/mol. The minimum Gasteiger partial charge on any atom is -0.508 e. The zero-order valence-electron chi connectivity index (χ0n) is 9.72. The van der Waals surface area contributed by atoms with Crippen molar-refractivity contribution < 1.29 is 5.11 Å². The molecule has 0 radical (unpaired) electrons. The van der Waals surface area contributed by atoms with E-state index in [4.69, 9.17) is 5.84 Å². The molecule has 0 unspecified atom stereocenters. The largest absolute Gasteiger partial charge is 0.508 e. The molecule has 0 amide bonds. The summed E-state index contributed by atoms with van der Waals surface area (Å²) in [4.78, 5) is 0. The average Bonchev–Trinajstić information content (AvgIpc) is 2.36. The Morgan fingerprint density at radius 1 is 1.12 bits per heavy atom. The number of nitrogens with two attached hydrogens (primary N) is 1. The number of nitrogens with one attached hydrogen (secondary N) is 1. The molecule has 0 aliphatic heterocycles. The van der Waals surface area contributed by atoms with E-state index in [9.17, 15) is 5.11 Å². The molecule has 0 fully saturated rings. The summed E-state index contributed by atoms with van der Waals surface area (Å²) in [7, 11) is 0. The molecule has 0 bridgehead atoms. The van der Waals surface area contributed by atoms with Gasteiger partial charge in [0, 0.05) is 5.56 Å². The van der Waals surface area contributed by atoms with Gasteiger partial charge in [0.1, 0.15) is 5.75 Å². The van der Waals surface area contributed by atoms with Crippen molar-refractivity contribution in [3.05, 3.63) is 65.2 Å². The Morgan fingerprint density at radius 3 is 2.47 bits per heavy atom. The molecule has 2 aromatic carbocycles. The van der Waals surface area contributed by atoms with Crippen LogP contribution in [-0.4, -0.2) is 5.11 Å².